The van der Waals surface area contributed by atoms with Crippen molar-refractivity contribution in [1.82, 2.24) is 5.32 Å². The van der Waals surface area contributed by atoms with Gasteiger partial charge in [-0.2, -0.15) is 5.26 Å². The highest BCUT2D eigenvalue weighted by atomic mass is 16.5. The van der Waals surface area contributed by atoms with Crippen molar-refractivity contribution >= 4 is 5.69 Å². The molecule has 2 atom stereocenters. The first kappa shape index (κ1) is 15.8. The summed E-state index contributed by atoms with van der Waals surface area (Å²) in [5.41, 5.74) is 2.95. The molecular formula is C17H25N3O. The first-order valence-corrected chi connectivity index (χ1v) is 7.77. The van der Waals surface area contributed by atoms with E-state index in [4.69, 9.17) is 4.74 Å². The number of hydrogen-bond acceptors (Lipinski definition) is 4. The summed E-state index contributed by atoms with van der Waals surface area (Å²) >= 11 is 0. The number of benzene rings is 1. The molecule has 1 heterocycles. The monoisotopic (exact) mass is 287 g/mol. The quantitative estimate of drug-likeness (QED) is 0.846. The number of nitriles is 1. The fraction of sp³-hybridized carbons (Fsp3) is 0.588. The Hall–Kier alpha value is -1.57. The molecule has 1 saturated heterocycles. The minimum Gasteiger partial charge on any atom is -0.375 e. The van der Waals surface area contributed by atoms with E-state index in [-0.39, 0.29) is 6.10 Å². The van der Waals surface area contributed by atoms with Gasteiger partial charge in [0.05, 0.1) is 24.0 Å². The molecule has 1 aliphatic rings. The Bertz CT molecular complexity index is 509. The topological polar surface area (TPSA) is 48.3 Å². The van der Waals surface area contributed by atoms with Gasteiger partial charge in [0, 0.05) is 19.1 Å². The van der Waals surface area contributed by atoms with Crippen LogP contribution in [0.4, 0.5) is 5.69 Å². The lowest BCUT2D eigenvalue weighted by Crippen LogP contribution is -2.47. The summed E-state index contributed by atoms with van der Waals surface area (Å²) in [7, 11) is 0. The standard InChI is InChI=1S/C17H25N3O/c1-4-7-19-10-15-5-6-17(16(8-15)9-18)20-11-14(3)21-12-13(20)2/h5-6,8,13-14,19H,4,7,10-12H2,1-3H3. The second-order valence-corrected chi connectivity index (χ2v) is 5.79. The van der Waals surface area contributed by atoms with Gasteiger partial charge in [-0.05, 0) is 44.5 Å². The molecule has 114 valence electrons. The third-order valence-corrected chi connectivity index (χ3v) is 3.85. The number of morpholine rings is 1. The first-order chi connectivity index (χ1) is 10.2. The van der Waals surface area contributed by atoms with E-state index >= 15 is 0 Å². The molecule has 4 nitrogen and oxygen atoms in total. The first-order valence-electron chi connectivity index (χ1n) is 7.77. The fourth-order valence-electron chi connectivity index (χ4n) is 2.68. The van der Waals surface area contributed by atoms with Gasteiger partial charge in [-0.1, -0.05) is 13.0 Å². The molecule has 4 heteroatoms. The highest BCUT2D eigenvalue weighted by Crippen LogP contribution is 2.26. The Kier molecular flexibility index (Phi) is 5.60. The Morgan fingerprint density at radius 2 is 2.24 bits per heavy atom. The van der Waals surface area contributed by atoms with Crippen LogP contribution in [0.5, 0.6) is 0 Å². The summed E-state index contributed by atoms with van der Waals surface area (Å²) < 4.78 is 5.67. The van der Waals surface area contributed by atoms with E-state index in [1.807, 2.05) is 6.07 Å². The zero-order valence-electron chi connectivity index (χ0n) is 13.2. The molecule has 1 N–H and O–H groups in total. The Morgan fingerprint density at radius 3 is 2.95 bits per heavy atom. The van der Waals surface area contributed by atoms with Crippen molar-refractivity contribution in [2.45, 2.75) is 45.9 Å². The van der Waals surface area contributed by atoms with Crippen molar-refractivity contribution in [2.24, 2.45) is 0 Å². The van der Waals surface area contributed by atoms with Crippen molar-refractivity contribution in [3.63, 3.8) is 0 Å². The van der Waals surface area contributed by atoms with E-state index < -0.39 is 0 Å². The fourth-order valence-corrected chi connectivity index (χ4v) is 2.68. The molecule has 1 fully saturated rings. The van der Waals surface area contributed by atoms with Crippen molar-refractivity contribution in [3.05, 3.63) is 29.3 Å². The van der Waals surface area contributed by atoms with E-state index in [2.05, 4.69) is 49.2 Å². The molecule has 0 radical (unpaired) electrons. The molecule has 0 amide bonds. The van der Waals surface area contributed by atoms with Gasteiger partial charge in [-0.3, -0.25) is 0 Å². The summed E-state index contributed by atoms with van der Waals surface area (Å²) in [5, 5.41) is 12.8. The van der Waals surface area contributed by atoms with Crippen LogP contribution in [-0.4, -0.2) is 31.8 Å². The van der Waals surface area contributed by atoms with Gasteiger partial charge < -0.3 is 15.0 Å². The molecule has 1 aliphatic heterocycles. The molecule has 2 unspecified atom stereocenters. The number of anilines is 1. The molecule has 0 aromatic heterocycles. The molecule has 0 aliphatic carbocycles. The van der Waals surface area contributed by atoms with Gasteiger partial charge >= 0.3 is 0 Å². The average molecular weight is 287 g/mol. The molecule has 0 spiro atoms. The average Bonchev–Trinajstić information content (AvgIpc) is 2.50. The summed E-state index contributed by atoms with van der Waals surface area (Å²) in [6.07, 6.45) is 1.32. The van der Waals surface area contributed by atoms with Crippen LogP contribution in [0, 0.1) is 11.3 Å². The lowest BCUT2D eigenvalue weighted by molar-refractivity contribution is 0.0343. The third kappa shape index (κ3) is 3.96. The zero-order chi connectivity index (χ0) is 15.2. The van der Waals surface area contributed by atoms with Gasteiger partial charge in [0.2, 0.25) is 0 Å². The van der Waals surface area contributed by atoms with E-state index in [0.717, 1.165) is 42.9 Å². The van der Waals surface area contributed by atoms with Crippen molar-refractivity contribution in [2.75, 3.05) is 24.6 Å². The smallest absolute Gasteiger partial charge is 0.101 e. The predicted octanol–water partition coefficient (Wildman–Crippen LogP) is 2.67. The van der Waals surface area contributed by atoms with Gasteiger partial charge in [-0.25, -0.2) is 0 Å². The van der Waals surface area contributed by atoms with Crippen molar-refractivity contribution in [3.8, 4) is 6.07 Å². The van der Waals surface area contributed by atoms with Gasteiger partial charge in [0.1, 0.15) is 6.07 Å². The summed E-state index contributed by atoms with van der Waals surface area (Å²) in [4.78, 5) is 2.29. The summed E-state index contributed by atoms with van der Waals surface area (Å²) in [6.45, 7) is 9.74. The number of ether oxygens (including phenoxy) is 1. The van der Waals surface area contributed by atoms with Crippen molar-refractivity contribution in [1.29, 1.82) is 5.26 Å². The van der Waals surface area contributed by atoms with E-state index in [9.17, 15) is 5.26 Å². The van der Waals surface area contributed by atoms with Crippen LogP contribution in [-0.2, 0) is 11.3 Å². The largest absolute Gasteiger partial charge is 0.375 e. The number of nitrogens with zero attached hydrogens (tertiary/aromatic N) is 2. The molecule has 1 aromatic rings. The predicted molar refractivity (Wildman–Crippen MR) is 85.4 cm³/mol. The molecule has 2 rings (SSSR count). The van der Waals surface area contributed by atoms with E-state index in [1.165, 1.54) is 0 Å². The van der Waals surface area contributed by atoms with E-state index in [1.54, 1.807) is 0 Å². The van der Waals surface area contributed by atoms with Crippen LogP contribution in [0.2, 0.25) is 0 Å². The molecule has 21 heavy (non-hydrogen) atoms. The van der Waals surface area contributed by atoms with Crippen LogP contribution in [0.1, 0.15) is 38.3 Å². The SMILES string of the molecule is CCCNCc1ccc(N2CC(C)OCC2C)c(C#N)c1. The maximum atomic E-state index is 9.47. The van der Waals surface area contributed by atoms with Crippen LogP contribution >= 0.6 is 0 Å². The van der Waals surface area contributed by atoms with Gasteiger partial charge in [-0.15, -0.1) is 0 Å². The zero-order valence-corrected chi connectivity index (χ0v) is 13.2. The Labute approximate surface area is 127 Å². The minimum absolute atomic E-state index is 0.207. The number of rotatable bonds is 5. The van der Waals surface area contributed by atoms with Crippen molar-refractivity contribution < 1.29 is 4.74 Å². The maximum Gasteiger partial charge on any atom is 0.101 e. The number of hydrogen-bond donors (Lipinski definition) is 1. The van der Waals surface area contributed by atoms with E-state index in [0.29, 0.717) is 12.6 Å². The van der Waals surface area contributed by atoms with Crippen LogP contribution in [0.3, 0.4) is 0 Å². The third-order valence-electron chi connectivity index (χ3n) is 3.85. The highest BCUT2D eigenvalue weighted by molar-refractivity contribution is 5.61. The molecular weight excluding hydrogens is 262 g/mol. The molecule has 0 saturated carbocycles. The lowest BCUT2D eigenvalue weighted by atomic mass is 10.1. The summed E-state index contributed by atoms with van der Waals surface area (Å²) in [5.74, 6) is 0. The normalized spacial score (nSPS) is 22.1. The number of nitrogens with one attached hydrogen (secondary N) is 1. The van der Waals surface area contributed by atoms with Gasteiger partial charge in [0.25, 0.3) is 0 Å². The Morgan fingerprint density at radius 1 is 1.43 bits per heavy atom. The second kappa shape index (κ2) is 7.44. The molecule has 1 aromatic carbocycles. The van der Waals surface area contributed by atoms with Crippen LogP contribution in [0.15, 0.2) is 18.2 Å². The lowest BCUT2D eigenvalue weighted by Gasteiger charge is -2.39. The van der Waals surface area contributed by atoms with Crippen LogP contribution < -0.4 is 10.2 Å². The Balaban J connectivity index is 2.17. The highest BCUT2D eigenvalue weighted by Gasteiger charge is 2.25. The van der Waals surface area contributed by atoms with Crippen LogP contribution in [0.25, 0.3) is 0 Å². The summed E-state index contributed by atoms with van der Waals surface area (Å²) in [6, 6.07) is 8.85. The maximum absolute atomic E-state index is 9.47. The van der Waals surface area contributed by atoms with Gasteiger partial charge in [0.15, 0.2) is 0 Å². The minimum atomic E-state index is 0.207. The molecule has 0 bridgehead atoms. The second-order valence-electron chi connectivity index (χ2n) is 5.79.